The van der Waals surface area contributed by atoms with Crippen LogP contribution in [-0.4, -0.2) is 17.5 Å². The molecule has 0 atom stereocenters. The zero-order valence-corrected chi connectivity index (χ0v) is 14.8. The van der Waals surface area contributed by atoms with Gasteiger partial charge in [0.05, 0.1) is 25.3 Å². The summed E-state index contributed by atoms with van der Waals surface area (Å²) in [7, 11) is 0. The van der Waals surface area contributed by atoms with E-state index in [1.54, 1.807) is 11.3 Å². The predicted octanol–water partition coefficient (Wildman–Crippen LogP) is 4.61. The van der Waals surface area contributed by atoms with Gasteiger partial charge in [-0.15, -0.1) is 11.3 Å². The Morgan fingerprint density at radius 3 is 3.00 bits per heavy atom. The van der Waals surface area contributed by atoms with E-state index >= 15 is 0 Å². The molecule has 0 saturated heterocycles. The molecule has 0 unspecified atom stereocenters. The van der Waals surface area contributed by atoms with Crippen molar-refractivity contribution in [3.8, 4) is 5.75 Å². The van der Waals surface area contributed by atoms with Gasteiger partial charge in [0, 0.05) is 5.38 Å². The number of hydrogen-bond acceptors (Lipinski definition) is 5. The molecule has 0 aliphatic carbocycles. The molecule has 3 aromatic rings. The highest BCUT2D eigenvalue weighted by Crippen LogP contribution is 2.29. The minimum absolute atomic E-state index is 0.127. The van der Waals surface area contributed by atoms with Gasteiger partial charge in [-0.2, -0.15) is 0 Å². The molecule has 1 N–H and O–H groups in total. The maximum absolute atomic E-state index is 12.1. The lowest BCUT2D eigenvalue weighted by Gasteiger charge is -2.00. The number of benzene rings is 1. The van der Waals surface area contributed by atoms with Crippen molar-refractivity contribution in [1.82, 2.24) is 4.98 Å². The van der Waals surface area contributed by atoms with Gasteiger partial charge in [-0.1, -0.05) is 11.3 Å². The zero-order valence-electron chi connectivity index (χ0n) is 11.1. The molecule has 0 saturated carbocycles. The van der Waals surface area contributed by atoms with E-state index < -0.39 is 0 Å². The number of anilines is 1. The third kappa shape index (κ3) is 3.35. The third-order valence-corrected chi connectivity index (χ3v) is 5.44. The van der Waals surface area contributed by atoms with Crippen LogP contribution >= 0.6 is 45.3 Å². The Morgan fingerprint density at radius 2 is 2.29 bits per heavy atom. The van der Waals surface area contributed by atoms with E-state index in [1.165, 1.54) is 11.3 Å². The highest BCUT2D eigenvalue weighted by atomic mass is 127. The van der Waals surface area contributed by atoms with E-state index in [0.717, 1.165) is 18.9 Å². The number of nitrogens with zero attached hydrogens (tertiary/aromatic N) is 1. The van der Waals surface area contributed by atoms with Crippen molar-refractivity contribution in [2.24, 2.45) is 0 Å². The van der Waals surface area contributed by atoms with E-state index in [4.69, 9.17) is 4.74 Å². The fourth-order valence-electron chi connectivity index (χ4n) is 1.81. The lowest BCUT2D eigenvalue weighted by Crippen LogP contribution is -2.10. The summed E-state index contributed by atoms with van der Waals surface area (Å²) in [5.41, 5.74) is 1.53. The topological polar surface area (TPSA) is 51.2 Å². The quantitative estimate of drug-likeness (QED) is 0.615. The number of thiophene rings is 1. The van der Waals surface area contributed by atoms with Gasteiger partial charge in [0.1, 0.15) is 5.75 Å². The second-order valence-electron chi connectivity index (χ2n) is 4.18. The standard InChI is InChI=1S/C14H11IN2O2S2/c1-2-19-9-3-4-10-11(6-9)21-14(16-10)17-13(18)8-5-12(15)20-7-8/h3-7H,2H2,1H3,(H,16,17,18). The van der Waals surface area contributed by atoms with Gasteiger partial charge >= 0.3 is 0 Å². The van der Waals surface area contributed by atoms with Gasteiger partial charge in [0.15, 0.2) is 5.13 Å². The molecule has 108 valence electrons. The van der Waals surface area contributed by atoms with Crippen LogP contribution in [0.5, 0.6) is 5.75 Å². The fraction of sp³-hybridized carbons (Fsp3) is 0.143. The number of aromatic nitrogens is 1. The zero-order chi connectivity index (χ0) is 14.8. The lowest BCUT2D eigenvalue weighted by atomic mass is 10.3. The molecule has 1 aromatic carbocycles. The van der Waals surface area contributed by atoms with Gasteiger partial charge in [-0.05, 0) is 53.8 Å². The van der Waals surface area contributed by atoms with Crippen LogP contribution in [0.25, 0.3) is 10.2 Å². The summed E-state index contributed by atoms with van der Waals surface area (Å²) >= 11 is 5.19. The molecule has 1 amide bonds. The number of carbonyl (C=O) groups excluding carboxylic acids is 1. The Morgan fingerprint density at radius 1 is 1.43 bits per heavy atom. The normalized spacial score (nSPS) is 10.8. The third-order valence-electron chi connectivity index (χ3n) is 2.72. The van der Waals surface area contributed by atoms with Crippen LogP contribution < -0.4 is 10.1 Å². The molecule has 2 aromatic heterocycles. The minimum Gasteiger partial charge on any atom is -0.494 e. The predicted molar refractivity (Wildman–Crippen MR) is 95.8 cm³/mol. The van der Waals surface area contributed by atoms with Crippen molar-refractivity contribution in [2.45, 2.75) is 6.92 Å². The van der Waals surface area contributed by atoms with Gasteiger partial charge in [-0.3, -0.25) is 10.1 Å². The molecule has 0 spiro atoms. The molecule has 0 aliphatic heterocycles. The number of thiazole rings is 1. The Bertz CT molecular complexity index is 797. The number of rotatable bonds is 4. The first kappa shape index (κ1) is 14.7. The fourth-order valence-corrected chi connectivity index (χ4v) is 4.03. The van der Waals surface area contributed by atoms with Gasteiger partial charge in [-0.25, -0.2) is 4.98 Å². The summed E-state index contributed by atoms with van der Waals surface area (Å²) < 4.78 is 7.55. The van der Waals surface area contributed by atoms with Crippen LogP contribution in [-0.2, 0) is 0 Å². The van der Waals surface area contributed by atoms with Crippen LogP contribution in [0.1, 0.15) is 17.3 Å². The van der Waals surface area contributed by atoms with E-state index in [1.807, 2.05) is 36.6 Å². The van der Waals surface area contributed by atoms with Crippen LogP contribution in [0.4, 0.5) is 5.13 Å². The Labute approximate surface area is 143 Å². The summed E-state index contributed by atoms with van der Waals surface area (Å²) in [6.45, 7) is 2.58. The highest BCUT2D eigenvalue weighted by Gasteiger charge is 2.11. The van der Waals surface area contributed by atoms with Crippen molar-refractivity contribution in [1.29, 1.82) is 0 Å². The summed E-state index contributed by atoms with van der Waals surface area (Å²) in [6, 6.07) is 7.60. The number of carbonyl (C=O) groups is 1. The second-order valence-corrected chi connectivity index (χ2v) is 8.01. The molecule has 21 heavy (non-hydrogen) atoms. The number of hydrogen-bond donors (Lipinski definition) is 1. The van der Waals surface area contributed by atoms with E-state index in [-0.39, 0.29) is 5.91 Å². The SMILES string of the molecule is CCOc1ccc2nc(NC(=O)c3csc(I)c3)sc2c1. The average Bonchev–Trinajstić information content (AvgIpc) is 3.04. The average molecular weight is 430 g/mol. The number of ether oxygens (including phenoxy) is 1. The molecular weight excluding hydrogens is 419 g/mol. The molecule has 7 heteroatoms. The van der Waals surface area contributed by atoms with Crippen molar-refractivity contribution < 1.29 is 9.53 Å². The number of amides is 1. The largest absolute Gasteiger partial charge is 0.494 e. The number of halogens is 1. The maximum Gasteiger partial charge on any atom is 0.258 e. The van der Waals surface area contributed by atoms with Crippen molar-refractivity contribution in [3.63, 3.8) is 0 Å². The van der Waals surface area contributed by atoms with Gasteiger partial charge in [0.25, 0.3) is 5.91 Å². The first-order valence-corrected chi connectivity index (χ1v) is 9.02. The van der Waals surface area contributed by atoms with E-state index in [2.05, 4.69) is 32.9 Å². The number of nitrogens with one attached hydrogen (secondary N) is 1. The molecule has 3 rings (SSSR count). The second kappa shape index (κ2) is 6.29. The first-order valence-electron chi connectivity index (χ1n) is 6.24. The Hall–Kier alpha value is -1.19. The highest BCUT2D eigenvalue weighted by molar-refractivity contribution is 14.1. The summed E-state index contributed by atoms with van der Waals surface area (Å²) in [6.07, 6.45) is 0. The maximum atomic E-state index is 12.1. The van der Waals surface area contributed by atoms with Crippen LogP contribution in [0.3, 0.4) is 0 Å². The molecule has 0 fully saturated rings. The lowest BCUT2D eigenvalue weighted by molar-refractivity contribution is 0.102. The van der Waals surface area contributed by atoms with Crippen molar-refractivity contribution >= 4 is 66.5 Å². The van der Waals surface area contributed by atoms with Crippen molar-refractivity contribution in [2.75, 3.05) is 11.9 Å². The van der Waals surface area contributed by atoms with Gasteiger partial charge < -0.3 is 4.74 Å². The van der Waals surface area contributed by atoms with Crippen LogP contribution in [0, 0.1) is 2.88 Å². The minimum atomic E-state index is -0.127. The van der Waals surface area contributed by atoms with E-state index in [9.17, 15) is 4.79 Å². The molecular formula is C14H11IN2O2S2. The summed E-state index contributed by atoms with van der Waals surface area (Å²) in [4.78, 5) is 16.5. The smallest absolute Gasteiger partial charge is 0.258 e. The molecule has 2 heterocycles. The number of fused-ring (bicyclic) bond motifs is 1. The van der Waals surface area contributed by atoms with Gasteiger partial charge in [0.2, 0.25) is 0 Å². The molecule has 0 bridgehead atoms. The molecule has 0 aliphatic rings. The molecule has 0 radical (unpaired) electrons. The Balaban J connectivity index is 1.82. The van der Waals surface area contributed by atoms with Crippen LogP contribution in [0.15, 0.2) is 29.6 Å². The monoisotopic (exact) mass is 430 g/mol. The summed E-state index contributed by atoms with van der Waals surface area (Å²) in [5.74, 6) is 0.692. The Kier molecular flexibility index (Phi) is 4.41. The van der Waals surface area contributed by atoms with Crippen LogP contribution in [0.2, 0.25) is 0 Å². The van der Waals surface area contributed by atoms with Crippen molar-refractivity contribution in [3.05, 3.63) is 38.1 Å². The van der Waals surface area contributed by atoms with E-state index in [0.29, 0.717) is 17.3 Å². The summed E-state index contributed by atoms with van der Waals surface area (Å²) in [5, 5.41) is 5.29. The first-order chi connectivity index (χ1) is 10.2. The molecule has 4 nitrogen and oxygen atoms in total.